The van der Waals surface area contributed by atoms with Gasteiger partial charge in [-0.05, 0) is 24.5 Å². The summed E-state index contributed by atoms with van der Waals surface area (Å²) in [4.78, 5) is 17.2. The van der Waals surface area contributed by atoms with Gasteiger partial charge in [-0.15, -0.1) is 11.3 Å². The summed E-state index contributed by atoms with van der Waals surface area (Å²) < 4.78 is 1.34. The van der Waals surface area contributed by atoms with E-state index in [4.69, 9.17) is 11.6 Å². The van der Waals surface area contributed by atoms with Crippen LogP contribution < -0.4 is 5.56 Å². The molecule has 2 aromatic heterocycles. The van der Waals surface area contributed by atoms with Gasteiger partial charge in [0, 0.05) is 10.9 Å². The van der Waals surface area contributed by atoms with Crippen LogP contribution in [-0.4, -0.2) is 14.8 Å². The summed E-state index contributed by atoms with van der Waals surface area (Å²) in [6.07, 6.45) is 1.28. The van der Waals surface area contributed by atoms with Crippen LogP contribution in [0, 0.1) is 11.3 Å². The molecule has 3 aromatic rings. The van der Waals surface area contributed by atoms with Crippen molar-refractivity contribution in [1.82, 2.24) is 14.8 Å². The summed E-state index contributed by atoms with van der Waals surface area (Å²) in [6.45, 7) is 4.12. The molecule has 0 saturated heterocycles. The van der Waals surface area contributed by atoms with Gasteiger partial charge in [0.2, 0.25) is 0 Å². The van der Waals surface area contributed by atoms with Crippen molar-refractivity contribution in [3.8, 4) is 16.6 Å². The van der Waals surface area contributed by atoms with Crippen molar-refractivity contribution in [1.29, 1.82) is 5.26 Å². The molecule has 5 nitrogen and oxygen atoms in total. The molecule has 3 rings (SSSR count). The van der Waals surface area contributed by atoms with Crippen molar-refractivity contribution in [3.05, 3.63) is 67.5 Å². The highest BCUT2D eigenvalue weighted by Gasteiger charge is 2.16. The third kappa shape index (κ3) is 3.41. The van der Waals surface area contributed by atoms with Crippen LogP contribution >= 0.6 is 22.9 Å². The Bertz CT molecular complexity index is 1050. The molecule has 0 atom stereocenters. The molecule has 0 aliphatic rings. The van der Waals surface area contributed by atoms with E-state index in [0.717, 1.165) is 27.5 Å². The monoisotopic (exact) mass is 384 g/mol. The van der Waals surface area contributed by atoms with Crippen LogP contribution in [-0.2, 0) is 19.4 Å². The predicted octanol–water partition coefficient (Wildman–Crippen LogP) is 4.06. The normalized spacial score (nSPS) is 10.7. The maximum atomic E-state index is 12.6. The zero-order valence-corrected chi connectivity index (χ0v) is 16.1. The van der Waals surface area contributed by atoms with Crippen LogP contribution in [0.25, 0.3) is 10.6 Å². The maximum absolute atomic E-state index is 12.6. The van der Waals surface area contributed by atoms with Gasteiger partial charge in [-0.25, -0.2) is 9.67 Å². The first-order valence-electron chi connectivity index (χ1n) is 8.31. The Morgan fingerprint density at radius 1 is 1.27 bits per heavy atom. The Hall–Kier alpha value is -2.49. The van der Waals surface area contributed by atoms with E-state index in [-0.39, 0.29) is 17.7 Å². The lowest BCUT2D eigenvalue weighted by Crippen LogP contribution is -2.29. The van der Waals surface area contributed by atoms with Gasteiger partial charge in [0.25, 0.3) is 5.56 Å². The number of aromatic nitrogens is 3. The topological polar surface area (TPSA) is 71.6 Å². The quantitative estimate of drug-likeness (QED) is 0.664. The molecule has 0 amide bonds. The Morgan fingerprint density at radius 3 is 2.69 bits per heavy atom. The standard InChI is InChI=1S/C19H17ClN4OS/c1-3-13-15(9-21)19(25)24(23-17(13)4-2)10-12-11-26-18(22-12)14-7-5-6-8-16(14)20/h5-8,11H,3-4,10H2,1-2H3. The molecule has 0 aliphatic carbocycles. The molecule has 0 saturated carbocycles. The smallest absolute Gasteiger partial charge is 0.266 e. The van der Waals surface area contributed by atoms with Gasteiger partial charge in [-0.3, -0.25) is 4.79 Å². The van der Waals surface area contributed by atoms with Crippen LogP contribution in [0.5, 0.6) is 0 Å². The highest BCUT2D eigenvalue weighted by atomic mass is 35.5. The number of thiazole rings is 1. The third-order valence-electron chi connectivity index (χ3n) is 4.11. The minimum Gasteiger partial charge on any atom is -0.266 e. The Kier molecular flexibility index (Phi) is 5.50. The minimum atomic E-state index is -0.367. The highest BCUT2D eigenvalue weighted by Crippen LogP contribution is 2.30. The highest BCUT2D eigenvalue weighted by molar-refractivity contribution is 7.13. The van der Waals surface area contributed by atoms with Crippen molar-refractivity contribution >= 4 is 22.9 Å². The lowest BCUT2D eigenvalue weighted by molar-refractivity contribution is 0.605. The zero-order valence-electron chi connectivity index (χ0n) is 14.5. The number of benzene rings is 1. The summed E-state index contributed by atoms with van der Waals surface area (Å²) >= 11 is 7.69. The predicted molar refractivity (Wildman–Crippen MR) is 104 cm³/mol. The molecule has 2 heterocycles. The fraction of sp³-hybridized carbons (Fsp3) is 0.263. The summed E-state index contributed by atoms with van der Waals surface area (Å²) in [7, 11) is 0. The van der Waals surface area contributed by atoms with E-state index in [9.17, 15) is 10.1 Å². The first-order chi connectivity index (χ1) is 12.6. The molecule has 0 radical (unpaired) electrons. The van der Waals surface area contributed by atoms with Crippen molar-refractivity contribution in [2.75, 3.05) is 0 Å². The SMILES string of the molecule is CCc1nn(Cc2csc(-c3ccccc3Cl)n2)c(=O)c(C#N)c1CC. The van der Waals surface area contributed by atoms with E-state index < -0.39 is 0 Å². The Morgan fingerprint density at radius 2 is 2.04 bits per heavy atom. The molecule has 0 spiro atoms. The van der Waals surface area contributed by atoms with E-state index in [1.54, 1.807) is 0 Å². The van der Waals surface area contributed by atoms with E-state index in [0.29, 0.717) is 17.9 Å². The largest absolute Gasteiger partial charge is 0.285 e. The van der Waals surface area contributed by atoms with Crippen molar-refractivity contribution < 1.29 is 0 Å². The molecule has 132 valence electrons. The van der Waals surface area contributed by atoms with Gasteiger partial charge in [0.05, 0.1) is 23.0 Å². The van der Waals surface area contributed by atoms with Gasteiger partial charge < -0.3 is 0 Å². The fourth-order valence-electron chi connectivity index (χ4n) is 2.83. The molecule has 7 heteroatoms. The number of nitrogens with zero attached hydrogens (tertiary/aromatic N) is 4. The number of halogens is 1. The fourth-order valence-corrected chi connectivity index (χ4v) is 3.96. The van der Waals surface area contributed by atoms with Crippen molar-refractivity contribution in [2.45, 2.75) is 33.2 Å². The van der Waals surface area contributed by atoms with E-state index in [2.05, 4.69) is 10.1 Å². The van der Waals surface area contributed by atoms with Crippen LogP contribution in [0.4, 0.5) is 0 Å². The Balaban J connectivity index is 1.99. The molecular weight excluding hydrogens is 368 g/mol. The molecule has 1 aromatic carbocycles. The number of hydrogen-bond donors (Lipinski definition) is 0. The lowest BCUT2D eigenvalue weighted by atomic mass is 10.0. The summed E-state index contributed by atoms with van der Waals surface area (Å²) in [5.41, 5.74) is 2.92. The van der Waals surface area contributed by atoms with E-state index in [1.807, 2.05) is 49.6 Å². The van der Waals surface area contributed by atoms with Crippen LogP contribution in [0.1, 0.15) is 36.4 Å². The zero-order chi connectivity index (χ0) is 18.7. The molecule has 0 fully saturated rings. The van der Waals surface area contributed by atoms with Gasteiger partial charge in [-0.1, -0.05) is 43.6 Å². The van der Waals surface area contributed by atoms with Crippen molar-refractivity contribution in [2.24, 2.45) is 0 Å². The number of hydrogen-bond acceptors (Lipinski definition) is 5. The second-order valence-corrected chi connectivity index (χ2v) is 6.97. The van der Waals surface area contributed by atoms with Gasteiger partial charge in [0.1, 0.15) is 16.6 Å². The Labute approximate surface area is 160 Å². The summed E-state index contributed by atoms with van der Waals surface area (Å²) in [5, 5.41) is 17.2. The molecular formula is C19H17ClN4OS. The first kappa shape index (κ1) is 18.3. The molecule has 0 unspecified atom stereocenters. The second-order valence-electron chi connectivity index (χ2n) is 5.71. The number of nitriles is 1. The number of rotatable bonds is 5. The average molecular weight is 385 g/mol. The molecule has 26 heavy (non-hydrogen) atoms. The second kappa shape index (κ2) is 7.81. The van der Waals surface area contributed by atoms with Gasteiger partial charge >= 0.3 is 0 Å². The first-order valence-corrected chi connectivity index (χ1v) is 9.57. The van der Waals surface area contributed by atoms with E-state index >= 15 is 0 Å². The number of aryl methyl sites for hydroxylation is 1. The van der Waals surface area contributed by atoms with Gasteiger partial charge in [0.15, 0.2) is 0 Å². The molecule has 0 bridgehead atoms. The summed E-state index contributed by atoms with van der Waals surface area (Å²) in [5.74, 6) is 0. The van der Waals surface area contributed by atoms with Gasteiger partial charge in [-0.2, -0.15) is 10.4 Å². The van der Waals surface area contributed by atoms with E-state index in [1.165, 1.54) is 16.0 Å². The third-order valence-corrected chi connectivity index (χ3v) is 5.36. The molecule has 0 aliphatic heterocycles. The van der Waals surface area contributed by atoms with Crippen LogP contribution in [0.3, 0.4) is 0 Å². The molecule has 0 N–H and O–H groups in total. The van der Waals surface area contributed by atoms with Crippen LogP contribution in [0.15, 0.2) is 34.4 Å². The van der Waals surface area contributed by atoms with Crippen LogP contribution in [0.2, 0.25) is 5.02 Å². The van der Waals surface area contributed by atoms with Crippen molar-refractivity contribution in [3.63, 3.8) is 0 Å². The average Bonchev–Trinajstić information content (AvgIpc) is 3.11. The lowest BCUT2D eigenvalue weighted by Gasteiger charge is -2.11. The maximum Gasteiger partial charge on any atom is 0.285 e. The summed E-state index contributed by atoms with van der Waals surface area (Å²) in [6, 6.07) is 9.55. The minimum absolute atomic E-state index is 0.181.